The lowest BCUT2D eigenvalue weighted by atomic mass is 10.1. The summed E-state index contributed by atoms with van der Waals surface area (Å²) in [6.07, 6.45) is 3.56. The highest BCUT2D eigenvalue weighted by Crippen LogP contribution is 2.25. The van der Waals surface area contributed by atoms with E-state index in [0.717, 1.165) is 16.6 Å². The quantitative estimate of drug-likeness (QED) is 0.658. The Labute approximate surface area is 104 Å². The van der Waals surface area contributed by atoms with Gasteiger partial charge >= 0.3 is 0 Å². The average molecular weight is 234 g/mol. The zero-order chi connectivity index (χ0) is 12.5. The number of benzene rings is 1. The van der Waals surface area contributed by atoms with Gasteiger partial charge in [-0.15, -0.1) is 0 Å². The molecule has 2 N–H and O–H groups in total. The van der Waals surface area contributed by atoms with Crippen LogP contribution in [0.25, 0.3) is 16.6 Å². The molecule has 3 rings (SSSR count). The number of nitriles is 1. The topological polar surface area (TPSA) is 67.6 Å². The van der Waals surface area contributed by atoms with Crippen molar-refractivity contribution < 1.29 is 0 Å². The van der Waals surface area contributed by atoms with Gasteiger partial charge in [0.05, 0.1) is 16.9 Å². The third-order valence-corrected chi connectivity index (χ3v) is 2.90. The fourth-order valence-corrected chi connectivity index (χ4v) is 2.08. The van der Waals surface area contributed by atoms with Crippen molar-refractivity contribution in [1.82, 2.24) is 9.55 Å². The Bertz CT molecular complexity index is 765. The molecule has 0 radical (unpaired) electrons. The van der Waals surface area contributed by atoms with E-state index in [2.05, 4.69) is 11.1 Å². The molecule has 18 heavy (non-hydrogen) atoms. The summed E-state index contributed by atoms with van der Waals surface area (Å²) in [7, 11) is 0. The van der Waals surface area contributed by atoms with Crippen LogP contribution in [0.3, 0.4) is 0 Å². The van der Waals surface area contributed by atoms with Crippen LogP contribution < -0.4 is 5.73 Å². The Hall–Kier alpha value is -2.80. The lowest BCUT2D eigenvalue weighted by Gasteiger charge is -2.09. The van der Waals surface area contributed by atoms with Crippen LogP contribution in [-0.2, 0) is 0 Å². The summed E-state index contributed by atoms with van der Waals surface area (Å²) in [5.74, 6) is 0. The van der Waals surface area contributed by atoms with Crippen LogP contribution in [0, 0.1) is 11.3 Å². The molecule has 4 heteroatoms. The van der Waals surface area contributed by atoms with Crippen molar-refractivity contribution >= 4 is 16.6 Å². The Morgan fingerprint density at radius 2 is 2.06 bits per heavy atom. The molecule has 86 valence electrons. The number of nitrogens with zero attached hydrogens (tertiary/aromatic N) is 3. The molecule has 2 aromatic heterocycles. The first-order valence-electron chi connectivity index (χ1n) is 5.52. The normalized spacial score (nSPS) is 10.4. The monoisotopic (exact) mass is 234 g/mol. The van der Waals surface area contributed by atoms with Crippen molar-refractivity contribution in [1.29, 1.82) is 5.26 Å². The third kappa shape index (κ3) is 1.42. The molecule has 0 saturated carbocycles. The predicted molar refractivity (Wildman–Crippen MR) is 70.2 cm³/mol. The summed E-state index contributed by atoms with van der Waals surface area (Å²) in [5, 5.41) is 10.0. The largest absolute Gasteiger partial charge is 0.397 e. The zero-order valence-electron chi connectivity index (χ0n) is 9.54. The van der Waals surface area contributed by atoms with Crippen molar-refractivity contribution in [3.8, 4) is 11.8 Å². The van der Waals surface area contributed by atoms with Crippen LogP contribution in [0.15, 0.2) is 48.8 Å². The summed E-state index contributed by atoms with van der Waals surface area (Å²) in [6.45, 7) is 0. The Morgan fingerprint density at radius 3 is 2.89 bits per heavy atom. The number of aromatic nitrogens is 2. The summed E-state index contributed by atoms with van der Waals surface area (Å²) in [5.41, 5.74) is 8.81. The highest BCUT2D eigenvalue weighted by Gasteiger charge is 2.08. The van der Waals surface area contributed by atoms with Gasteiger partial charge in [0.15, 0.2) is 0 Å². The van der Waals surface area contributed by atoms with E-state index in [-0.39, 0.29) is 0 Å². The molecule has 2 heterocycles. The first-order valence-corrected chi connectivity index (χ1v) is 5.52. The van der Waals surface area contributed by atoms with E-state index >= 15 is 0 Å². The predicted octanol–water partition coefficient (Wildman–Crippen LogP) is 2.48. The molecule has 0 amide bonds. The van der Waals surface area contributed by atoms with Gasteiger partial charge in [0, 0.05) is 17.8 Å². The lowest BCUT2D eigenvalue weighted by Crippen LogP contribution is -1.98. The first-order chi connectivity index (χ1) is 8.81. The van der Waals surface area contributed by atoms with Crippen molar-refractivity contribution in [2.24, 2.45) is 0 Å². The molecular formula is C14H10N4. The summed E-state index contributed by atoms with van der Waals surface area (Å²) >= 11 is 0. The number of anilines is 1. The Kier molecular flexibility index (Phi) is 2.24. The second-order valence-corrected chi connectivity index (χ2v) is 3.95. The first kappa shape index (κ1) is 10.4. The van der Waals surface area contributed by atoms with Crippen molar-refractivity contribution in [3.05, 3.63) is 54.5 Å². The lowest BCUT2D eigenvalue weighted by molar-refractivity contribution is 1.06. The molecule has 0 unspecified atom stereocenters. The van der Waals surface area contributed by atoms with Crippen LogP contribution in [0.5, 0.6) is 0 Å². The van der Waals surface area contributed by atoms with Gasteiger partial charge in [-0.05, 0) is 24.3 Å². The third-order valence-electron chi connectivity index (χ3n) is 2.90. The van der Waals surface area contributed by atoms with E-state index in [1.54, 1.807) is 12.3 Å². The molecule has 3 aromatic rings. The number of nitrogen functional groups attached to an aromatic ring is 1. The van der Waals surface area contributed by atoms with Gasteiger partial charge in [0.2, 0.25) is 0 Å². The SMILES string of the molecule is N#Cc1cccn1-c1ccnc2c(N)cccc12. The molecule has 0 saturated heterocycles. The molecule has 0 fully saturated rings. The Balaban J connectivity index is 2.38. The molecule has 0 atom stereocenters. The number of rotatable bonds is 1. The number of hydrogen-bond donors (Lipinski definition) is 1. The molecule has 0 bridgehead atoms. The van der Waals surface area contributed by atoms with Gasteiger partial charge in [0.1, 0.15) is 11.8 Å². The zero-order valence-corrected chi connectivity index (χ0v) is 9.54. The fraction of sp³-hybridized carbons (Fsp3) is 0. The minimum absolute atomic E-state index is 0.588. The highest BCUT2D eigenvalue weighted by molar-refractivity contribution is 5.94. The number of hydrogen-bond acceptors (Lipinski definition) is 3. The molecule has 4 nitrogen and oxygen atoms in total. The van der Waals surface area contributed by atoms with Gasteiger partial charge in [-0.2, -0.15) is 5.26 Å². The van der Waals surface area contributed by atoms with E-state index in [9.17, 15) is 0 Å². The molecule has 1 aromatic carbocycles. The maximum atomic E-state index is 9.08. The maximum Gasteiger partial charge on any atom is 0.124 e. The summed E-state index contributed by atoms with van der Waals surface area (Å²) in [4.78, 5) is 4.29. The van der Waals surface area contributed by atoms with Crippen LogP contribution in [0.1, 0.15) is 5.69 Å². The smallest absolute Gasteiger partial charge is 0.124 e. The van der Waals surface area contributed by atoms with Gasteiger partial charge in [-0.3, -0.25) is 4.98 Å². The molecule has 0 aliphatic carbocycles. The standard InChI is InChI=1S/C14H10N4/c15-9-10-3-2-8-18(10)13-6-7-17-14-11(13)4-1-5-12(14)16/h1-8H,16H2. The minimum atomic E-state index is 0.588. The molecular weight excluding hydrogens is 224 g/mol. The van der Waals surface area contributed by atoms with Gasteiger partial charge < -0.3 is 10.3 Å². The second-order valence-electron chi connectivity index (χ2n) is 3.95. The average Bonchev–Trinajstić information content (AvgIpc) is 2.87. The van der Waals surface area contributed by atoms with Crippen LogP contribution in [0.2, 0.25) is 0 Å². The molecule has 0 aliphatic heterocycles. The summed E-state index contributed by atoms with van der Waals surface area (Å²) in [6, 6.07) is 13.3. The van der Waals surface area contributed by atoms with Crippen LogP contribution in [0.4, 0.5) is 5.69 Å². The maximum absolute atomic E-state index is 9.08. The molecule has 0 spiro atoms. The van der Waals surface area contributed by atoms with E-state index < -0.39 is 0 Å². The minimum Gasteiger partial charge on any atom is -0.397 e. The number of fused-ring (bicyclic) bond motifs is 1. The highest BCUT2D eigenvalue weighted by atomic mass is 15.0. The van der Waals surface area contributed by atoms with Crippen molar-refractivity contribution in [2.45, 2.75) is 0 Å². The number of pyridine rings is 1. The molecule has 0 aliphatic rings. The van der Waals surface area contributed by atoms with Gasteiger partial charge in [0.25, 0.3) is 0 Å². The van der Waals surface area contributed by atoms with Gasteiger partial charge in [-0.25, -0.2) is 0 Å². The van der Waals surface area contributed by atoms with E-state index in [4.69, 9.17) is 11.0 Å². The number of nitrogens with two attached hydrogens (primary N) is 1. The van der Waals surface area contributed by atoms with Crippen molar-refractivity contribution in [3.63, 3.8) is 0 Å². The Morgan fingerprint density at radius 1 is 1.17 bits per heavy atom. The van der Waals surface area contributed by atoms with Crippen molar-refractivity contribution in [2.75, 3.05) is 5.73 Å². The number of para-hydroxylation sites is 1. The van der Waals surface area contributed by atoms with E-state index in [1.807, 2.05) is 41.1 Å². The fourth-order valence-electron chi connectivity index (χ4n) is 2.08. The summed E-state index contributed by atoms with van der Waals surface area (Å²) < 4.78 is 1.84. The van der Waals surface area contributed by atoms with Gasteiger partial charge in [-0.1, -0.05) is 12.1 Å². The van der Waals surface area contributed by atoms with Crippen LogP contribution >= 0.6 is 0 Å². The van der Waals surface area contributed by atoms with E-state index in [0.29, 0.717) is 11.4 Å². The second kappa shape index (κ2) is 3.90. The van der Waals surface area contributed by atoms with Crippen LogP contribution in [-0.4, -0.2) is 9.55 Å². The van der Waals surface area contributed by atoms with E-state index in [1.165, 1.54) is 0 Å².